The first kappa shape index (κ1) is 27.4. The van der Waals surface area contributed by atoms with Gasteiger partial charge in [-0.3, -0.25) is 13.9 Å². The van der Waals surface area contributed by atoms with Gasteiger partial charge in [-0.15, -0.1) is 0 Å². The summed E-state index contributed by atoms with van der Waals surface area (Å²) >= 11 is 0. The van der Waals surface area contributed by atoms with Crippen molar-refractivity contribution in [1.82, 2.24) is 10.2 Å². The first-order chi connectivity index (χ1) is 16.1. The highest BCUT2D eigenvalue weighted by Crippen LogP contribution is 2.24. The minimum absolute atomic E-state index is 0.0285. The average Bonchev–Trinajstić information content (AvgIpc) is 2.82. The number of hydrogen-bond donors (Lipinski definition) is 1. The average molecular weight is 488 g/mol. The summed E-state index contributed by atoms with van der Waals surface area (Å²) in [4.78, 5) is 28.3. The van der Waals surface area contributed by atoms with Crippen molar-refractivity contribution in [3.63, 3.8) is 0 Å². The molecule has 0 radical (unpaired) electrons. The van der Waals surface area contributed by atoms with Gasteiger partial charge in [0.2, 0.25) is 21.8 Å². The van der Waals surface area contributed by atoms with Crippen LogP contribution >= 0.6 is 0 Å². The Balaban J connectivity index is 2.45. The lowest BCUT2D eigenvalue weighted by Gasteiger charge is -2.33. The number of benzene rings is 2. The SMILES string of the molecule is CCc1ccccc1N(CC(=O)N(Cc1ccccc1)[C@@H](CC)C(=O)N[C@H](C)CC)S(C)(=O)=O. The fourth-order valence-electron chi connectivity index (χ4n) is 3.79. The summed E-state index contributed by atoms with van der Waals surface area (Å²) in [6, 6.07) is 15.8. The molecule has 0 aliphatic heterocycles. The molecule has 2 amide bonds. The van der Waals surface area contributed by atoms with E-state index in [0.29, 0.717) is 18.5 Å². The predicted molar refractivity (Wildman–Crippen MR) is 137 cm³/mol. The zero-order chi connectivity index (χ0) is 25.3. The van der Waals surface area contributed by atoms with E-state index in [4.69, 9.17) is 0 Å². The summed E-state index contributed by atoms with van der Waals surface area (Å²) in [6.07, 6.45) is 2.90. The Morgan fingerprint density at radius 1 is 0.941 bits per heavy atom. The van der Waals surface area contributed by atoms with Crippen LogP contribution in [-0.4, -0.2) is 50.0 Å². The second kappa shape index (κ2) is 12.6. The molecule has 2 rings (SSSR count). The predicted octanol–water partition coefficient (Wildman–Crippen LogP) is 3.74. The highest BCUT2D eigenvalue weighted by molar-refractivity contribution is 7.92. The van der Waals surface area contributed by atoms with Crippen molar-refractivity contribution in [3.05, 3.63) is 65.7 Å². The maximum atomic E-state index is 13.7. The van der Waals surface area contributed by atoms with Crippen molar-refractivity contribution in [2.75, 3.05) is 17.1 Å². The zero-order valence-electron chi connectivity index (χ0n) is 20.8. The van der Waals surface area contributed by atoms with Gasteiger partial charge < -0.3 is 10.2 Å². The first-order valence-electron chi connectivity index (χ1n) is 11.8. The van der Waals surface area contributed by atoms with Crippen LogP contribution in [0.4, 0.5) is 5.69 Å². The lowest BCUT2D eigenvalue weighted by molar-refractivity contribution is -0.140. The van der Waals surface area contributed by atoms with Gasteiger partial charge in [-0.1, -0.05) is 69.3 Å². The van der Waals surface area contributed by atoms with Gasteiger partial charge in [-0.2, -0.15) is 0 Å². The molecular weight excluding hydrogens is 450 g/mol. The van der Waals surface area contributed by atoms with Gasteiger partial charge in [0.15, 0.2) is 0 Å². The van der Waals surface area contributed by atoms with Crippen molar-refractivity contribution >= 4 is 27.5 Å². The van der Waals surface area contributed by atoms with E-state index >= 15 is 0 Å². The Morgan fingerprint density at radius 3 is 2.12 bits per heavy atom. The van der Waals surface area contributed by atoms with Crippen molar-refractivity contribution in [1.29, 1.82) is 0 Å². The number of amides is 2. The number of carbonyl (C=O) groups is 2. The van der Waals surface area contributed by atoms with Gasteiger partial charge in [0.1, 0.15) is 12.6 Å². The molecule has 0 aromatic heterocycles. The summed E-state index contributed by atoms with van der Waals surface area (Å²) in [7, 11) is -3.74. The molecule has 0 saturated carbocycles. The van der Waals surface area contributed by atoms with Crippen molar-refractivity contribution in [3.8, 4) is 0 Å². The number of nitrogens with one attached hydrogen (secondary N) is 1. The Morgan fingerprint density at radius 2 is 1.56 bits per heavy atom. The molecule has 0 aliphatic rings. The molecular formula is C26H37N3O4S. The number of nitrogens with zero attached hydrogens (tertiary/aromatic N) is 2. The number of sulfonamides is 1. The van der Waals surface area contributed by atoms with E-state index in [1.165, 1.54) is 4.90 Å². The highest BCUT2D eigenvalue weighted by Gasteiger charge is 2.32. The smallest absolute Gasteiger partial charge is 0.244 e. The molecule has 0 spiro atoms. The van der Waals surface area contributed by atoms with E-state index in [9.17, 15) is 18.0 Å². The van der Waals surface area contributed by atoms with Gasteiger partial charge in [-0.25, -0.2) is 8.42 Å². The summed E-state index contributed by atoms with van der Waals surface area (Å²) in [6.45, 7) is 7.52. The third-order valence-corrected chi connectivity index (χ3v) is 7.03. The fraction of sp³-hybridized carbons (Fsp3) is 0.462. The van der Waals surface area contributed by atoms with Crippen LogP contribution in [0.25, 0.3) is 0 Å². The van der Waals surface area contributed by atoms with Gasteiger partial charge in [0.05, 0.1) is 11.9 Å². The van der Waals surface area contributed by atoms with E-state index in [0.717, 1.165) is 28.1 Å². The Kier molecular flexibility index (Phi) is 10.1. The molecule has 0 aliphatic carbocycles. The Bertz CT molecular complexity index is 1060. The van der Waals surface area contributed by atoms with Crippen LogP contribution in [0, 0.1) is 0 Å². The molecule has 0 saturated heterocycles. The molecule has 0 bridgehead atoms. The van der Waals surface area contributed by atoms with E-state index in [1.54, 1.807) is 12.1 Å². The third kappa shape index (κ3) is 7.32. The summed E-state index contributed by atoms with van der Waals surface area (Å²) < 4.78 is 26.6. The van der Waals surface area contributed by atoms with Crippen LogP contribution in [-0.2, 0) is 32.6 Å². The van der Waals surface area contributed by atoms with Crippen LogP contribution in [0.3, 0.4) is 0 Å². The minimum atomic E-state index is -3.74. The van der Waals surface area contributed by atoms with Gasteiger partial charge in [0.25, 0.3) is 0 Å². The molecule has 0 fully saturated rings. The highest BCUT2D eigenvalue weighted by atomic mass is 32.2. The van der Waals surface area contributed by atoms with E-state index in [-0.39, 0.29) is 25.0 Å². The summed E-state index contributed by atoms with van der Waals surface area (Å²) in [5.41, 5.74) is 2.18. The topological polar surface area (TPSA) is 86.8 Å². The van der Waals surface area contributed by atoms with Gasteiger partial charge in [-0.05, 0) is 43.4 Å². The third-order valence-electron chi connectivity index (χ3n) is 5.90. The molecule has 7 nitrogen and oxygen atoms in total. The summed E-state index contributed by atoms with van der Waals surface area (Å²) in [5.74, 6) is -0.660. The first-order valence-corrected chi connectivity index (χ1v) is 13.7. The van der Waals surface area contributed by atoms with Gasteiger partial charge >= 0.3 is 0 Å². The van der Waals surface area contributed by atoms with Crippen LogP contribution in [0.5, 0.6) is 0 Å². The van der Waals surface area contributed by atoms with Crippen LogP contribution in [0.2, 0.25) is 0 Å². The second-order valence-corrected chi connectivity index (χ2v) is 10.4. The molecule has 2 aromatic rings. The number of carbonyl (C=O) groups excluding carboxylic acids is 2. The summed E-state index contributed by atoms with van der Waals surface area (Å²) in [5, 5.41) is 2.97. The van der Waals surface area contributed by atoms with Crippen LogP contribution in [0.15, 0.2) is 54.6 Å². The Hall–Kier alpha value is -2.87. The lowest BCUT2D eigenvalue weighted by atomic mass is 10.1. The van der Waals surface area contributed by atoms with Crippen molar-refractivity contribution in [2.45, 2.75) is 65.6 Å². The number of para-hydroxylation sites is 1. The minimum Gasteiger partial charge on any atom is -0.352 e. The largest absolute Gasteiger partial charge is 0.352 e. The van der Waals surface area contributed by atoms with Crippen molar-refractivity contribution in [2.24, 2.45) is 0 Å². The quantitative estimate of drug-likeness (QED) is 0.494. The van der Waals surface area contributed by atoms with Crippen LogP contribution < -0.4 is 9.62 Å². The van der Waals surface area contributed by atoms with Crippen LogP contribution in [0.1, 0.15) is 51.7 Å². The molecule has 8 heteroatoms. The Labute approximate surface area is 204 Å². The second-order valence-electron chi connectivity index (χ2n) is 8.50. The molecule has 0 heterocycles. The number of aryl methyl sites for hydroxylation is 1. The number of hydrogen-bond acceptors (Lipinski definition) is 4. The number of anilines is 1. The number of rotatable bonds is 12. The van der Waals surface area contributed by atoms with E-state index in [1.807, 2.05) is 70.2 Å². The fourth-order valence-corrected chi connectivity index (χ4v) is 4.67. The van der Waals surface area contributed by atoms with E-state index in [2.05, 4.69) is 5.32 Å². The lowest BCUT2D eigenvalue weighted by Crippen LogP contribution is -2.53. The van der Waals surface area contributed by atoms with Crippen molar-refractivity contribution < 1.29 is 18.0 Å². The maximum Gasteiger partial charge on any atom is 0.244 e. The normalized spacial score (nSPS) is 13.1. The molecule has 1 N–H and O–H groups in total. The standard InChI is InChI=1S/C26H37N3O4S/c1-6-20(4)27-26(31)23(8-3)28(18-21-14-10-9-11-15-21)25(30)19-29(34(5,32)33)24-17-13-12-16-22(24)7-2/h9-17,20,23H,6-8,18-19H2,1-5H3,(H,27,31)/t20-,23+/m1/s1. The van der Waals surface area contributed by atoms with E-state index < -0.39 is 22.0 Å². The molecule has 2 atom stereocenters. The monoisotopic (exact) mass is 487 g/mol. The molecule has 0 unspecified atom stereocenters. The maximum absolute atomic E-state index is 13.7. The molecule has 2 aromatic carbocycles. The molecule has 186 valence electrons. The zero-order valence-corrected chi connectivity index (χ0v) is 21.6. The van der Waals surface area contributed by atoms with Gasteiger partial charge in [0, 0.05) is 12.6 Å². The molecule has 34 heavy (non-hydrogen) atoms.